The summed E-state index contributed by atoms with van der Waals surface area (Å²) in [6, 6.07) is 15.0. The van der Waals surface area contributed by atoms with Crippen molar-refractivity contribution in [1.82, 2.24) is 5.16 Å². The predicted octanol–water partition coefficient (Wildman–Crippen LogP) is 4.66. The Kier molecular flexibility index (Phi) is 4.35. The summed E-state index contributed by atoms with van der Waals surface area (Å²) in [6.07, 6.45) is 0.937. The van der Waals surface area contributed by atoms with E-state index in [-0.39, 0.29) is 23.4 Å². The van der Waals surface area contributed by atoms with E-state index in [4.69, 9.17) is 9.26 Å². The van der Waals surface area contributed by atoms with E-state index in [1.165, 1.54) is 0 Å². The summed E-state index contributed by atoms with van der Waals surface area (Å²) in [5.41, 5.74) is 4.86. The first kappa shape index (κ1) is 18.5. The third-order valence-corrected chi connectivity index (χ3v) is 6.08. The van der Waals surface area contributed by atoms with Crippen molar-refractivity contribution in [3.63, 3.8) is 0 Å². The monoisotopic (exact) mass is 402 g/mol. The summed E-state index contributed by atoms with van der Waals surface area (Å²) in [5, 5.41) is 17.8. The highest BCUT2D eigenvalue weighted by Gasteiger charge is 2.42. The Bertz CT molecular complexity index is 1180. The smallest absolute Gasteiger partial charge is 0.233 e. The standard InChI is InChI=1S/C24H22N2O4/c1-13-21-22(16-8-4-6-10-20(16)29-2)23-17(25-24(21)30-26-13)11-14(12-19(23)28)15-7-3-5-9-18(15)27/h3-10,14,22,25,27H,11-12H2,1-2H3. The number of ether oxygens (including phenoxy) is 1. The van der Waals surface area contributed by atoms with Gasteiger partial charge in [-0.15, -0.1) is 0 Å². The average Bonchev–Trinajstić information content (AvgIpc) is 3.13. The number of fused-ring (bicyclic) bond motifs is 1. The van der Waals surface area contributed by atoms with Gasteiger partial charge < -0.3 is 19.7 Å². The minimum atomic E-state index is -0.309. The molecule has 2 unspecified atom stereocenters. The van der Waals surface area contributed by atoms with Crippen LogP contribution in [0.25, 0.3) is 0 Å². The highest BCUT2D eigenvalue weighted by Crippen LogP contribution is 2.51. The Labute approximate surface area is 174 Å². The number of aromatic hydroxyl groups is 1. The van der Waals surface area contributed by atoms with Gasteiger partial charge in [-0.25, -0.2) is 0 Å². The summed E-state index contributed by atoms with van der Waals surface area (Å²) >= 11 is 0. The number of phenols is 1. The molecule has 2 heterocycles. The van der Waals surface area contributed by atoms with E-state index in [0.29, 0.717) is 18.7 Å². The van der Waals surface area contributed by atoms with Crippen LogP contribution in [0.15, 0.2) is 64.3 Å². The zero-order valence-corrected chi connectivity index (χ0v) is 16.8. The van der Waals surface area contributed by atoms with E-state index >= 15 is 0 Å². The summed E-state index contributed by atoms with van der Waals surface area (Å²) in [5.74, 6) is 1.14. The predicted molar refractivity (Wildman–Crippen MR) is 112 cm³/mol. The first-order valence-electron chi connectivity index (χ1n) is 9.98. The molecule has 6 heteroatoms. The molecule has 0 fully saturated rings. The van der Waals surface area contributed by atoms with Crippen LogP contribution in [0.1, 0.15) is 47.1 Å². The van der Waals surface area contributed by atoms with Crippen LogP contribution in [-0.2, 0) is 4.79 Å². The number of benzene rings is 2. The molecule has 2 atom stereocenters. The molecule has 0 saturated carbocycles. The summed E-state index contributed by atoms with van der Waals surface area (Å²) < 4.78 is 11.2. The molecule has 6 nitrogen and oxygen atoms in total. The number of para-hydroxylation sites is 2. The minimum Gasteiger partial charge on any atom is -0.508 e. The third-order valence-electron chi connectivity index (χ3n) is 6.08. The number of nitrogens with one attached hydrogen (secondary N) is 1. The van der Waals surface area contributed by atoms with Crippen LogP contribution >= 0.6 is 0 Å². The van der Waals surface area contributed by atoms with Gasteiger partial charge in [0.25, 0.3) is 0 Å². The van der Waals surface area contributed by atoms with Crippen molar-refractivity contribution in [3.8, 4) is 11.5 Å². The van der Waals surface area contributed by atoms with Gasteiger partial charge in [0.05, 0.1) is 24.3 Å². The lowest BCUT2D eigenvalue weighted by atomic mass is 9.72. The van der Waals surface area contributed by atoms with Gasteiger partial charge in [-0.2, -0.15) is 0 Å². The Morgan fingerprint density at radius 1 is 1.10 bits per heavy atom. The van der Waals surface area contributed by atoms with Crippen molar-refractivity contribution >= 4 is 11.7 Å². The number of hydrogen-bond acceptors (Lipinski definition) is 6. The number of carbonyl (C=O) groups excluding carboxylic acids is 1. The zero-order valence-electron chi connectivity index (χ0n) is 16.8. The quantitative estimate of drug-likeness (QED) is 0.663. The number of rotatable bonds is 3. The van der Waals surface area contributed by atoms with Crippen LogP contribution in [0.3, 0.4) is 0 Å². The van der Waals surface area contributed by atoms with Gasteiger partial charge in [0.15, 0.2) is 5.78 Å². The number of nitrogens with zero attached hydrogens (tertiary/aromatic N) is 1. The van der Waals surface area contributed by atoms with Gasteiger partial charge in [0, 0.05) is 29.2 Å². The molecule has 2 aromatic carbocycles. The molecule has 2 aliphatic rings. The molecule has 1 aliphatic carbocycles. The van der Waals surface area contributed by atoms with Gasteiger partial charge in [-0.05, 0) is 31.0 Å². The number of aryl methyl sites for hydroxylation is 1. The van der Waals surface area contributed by atoms with Crippen molar-refractivity contribution < 1.29 is 19.2 Å². The molecule has 5 rings (SSSR count). The number of aromatic nitrogens is 1. The van der Waals surface area contributed by atoms with Gasteiger partial charge >= 0.3 is 0 Å². The number of allylic oxidation sites excluding steroid dienone is 2. The van der Waals surface area contributed by atoms with E-state index in [2.05, 4.69) is 10.5 Å². The van der Waals surface area contributed by atoms with Crippen molar-refractivity contribution in [2.75, 3.05) is 12.4 Å². The van der Waals surface area contributed by atoms with Crippen LogP contribution in [0.2, 0.25) is 0 Å². The maximum absolute atomic E-state index is 13.5. The summed E-state index contributed by atoms with van der Waals surface area (Å²) in [6.45, 7) is 1.89. The van der Waals surface area contributed by atoms with E-state index in [1.807, 2.05) is 43.3 Å². The minimum absolute atomic E-state index is 0.0548. The fraction of sp³-hybridized carbons (Fsp3) is 0.250. The van der Waals surface area contributed by atoms with Crippen molar-refractivity contribution in [3.05, 3.63) is 82.2 Å². The number of Topliss-reactive ketones (excluding diaryl/α,β-unsaturated/α-hetero) is 1. The lowest BCUT2D eigenvalue weighted by Crippen LogP contribution is -2.29. The number of anilines is 1. The SMILES string of the molecule is COc1ccccc1C1C2=C(CC(c3ccccc3O)CC2=O)Nc2onc(C)c21. The molecule has 152 valence electrons. The van der Waals surface area contributed by atoms with Crippen molar-refractivity contribution in [2.24, 2.45) is 0 Å². The number of hydrogen-bond donors (Lipinski definition) is 2. The highest BCUT2D eigenvalue weighted by atomic mass is 16.5. The van der Waals surface area contributed by atoms with Crippen LogP contribution in [0, 0.1) is 6.92 Å². The van der Waals surface area contributed by atoms with Gasteiger partial charge in [-0.3, -0.25) is 4.79 Å². The lowest BCUT2D eigenvalue weighted by molar-refractivity contribution is -0.116. The van der Waals surface area contributed by atoms with Gasteiger partial charge in [-0.1, -0.05) is 41.6 Å². The molecular formula is C24H22N2O4. The van der Waals surface area contributed by atoms with Crippen molar-refractivity contribution in [1.29, 1.82) is 0 Å². The van der Waals surface area contributed by atoms with E-state index in [9.17, 15) is 9.90 Å². The molecule has 30 heavy (non-hydrogen) atoms. The number of phenolic OH excluding ortho intramolecular Hbond substituents is 1. The first-order valence-corrected chi connectivity index (χ1v) is 9.98. The third kappa shape index (κ3) is 2.79. The number of methoxy groups -OCH3 is 1. The van der Waals surface area contributed by atoms with Crippen LogP contribution in [0.4, 0.5) is 5.88 Å². The fourth-order valence-corrected chi connectivity index (χ4v) is 4.74. The Hall–Kier alpha value is -3.54. The van der Waals surface area contributed by atoms with Gasteiger partial charge in [0.1, 0.15) is 11.5 Å². The maximum atomic E-state index is 13.5. The second-order valence-corrected chi connectivity index (χ2v) is 7.79. The van der Waals surface area contributed by atoms with Crippen molar-refractivity contribution in [2.45, 2.75) is 31.6 Å². The first-order chi connectivity index (χ1) is 14.6. The normalized spacial score (nSPS) is 20.4. The second-order valence-electron chi connectivity index (χ2n) is 7.79. The van der Waals surface area contributed by atoms with Crippen LogP contribution in [-0.4, -0.2) is 23.2 Å². The second kappa shape index (κ2) is 7.06. The van der Waals surface area contributed by atoms with Gasteiger partial charge in [0.2, 0.25) is 5.88 Å². The largest absolute Gasteiger partial charge is 0.508 e. The van der Waals surface area contributed by atoms with E-state index in [1.54, 1.807) is 19.2 Å². The molecular weight excluding hydrogens is 380 g/mol. The molecule has 0 bridgehead atoms. The topological polar surface area (TPSA) is 84.6 Å². The molecule has 0 amide bonds. The Morgan fingerprint density at radius 3 is 2.60 bits per heavy atom. The maximum Gasteiger partial charge on any atom is 0.233 e. The molecule has 0 radical (unpaired) electrons. The molecule has 1 aliphatic heterocycles. The Morgan fingerprint density at radius 2 is 1.83 bits per heavy atom. The molecule has 1 aromatic heterocycles. The highest BCUT2D eigenvalue weighted by molar-refractivity contribution is 6.01. The van der Waals surface area contributed by atoms with E-state index in [0.717, 1.165) is 39.4 Å². The summed E-state index contributed by atoms with van der Waals surface area (Å²) in [4.78, 5) is 13.5. The zero-order chi connectivity index (χ0) is 20.8. The molecule has 0 spiro atoms. The average molecular weight is 402 g/mol. The number of ketones is 1. The van der Waals surface area contributed by atoms with Crippen LogP contribution in [0.5, 0.6) is 11.5 Å². The Balaban J connectivity index is 1.66. The fourth-order valence-electron chi connectivity index (χ4n) is 4.74. The van der Waals surface area contributed by atoms with E-state index < -0.39 is 0 Å². The molecule has 0 saturated heterocycles. The number of carbonyl (C=O) groups is 1. The van der Waals surface area contributed by atoms with Crippen LogP contribution < -0.4 is 10.1 Å². The summed E-state index contributed by atoms with van der Waals surface area (Å²) in [7, 11) is 1.63. The lowest BCUT2D eigenvalue weighted by Gasteiger charge is -2.35. The molecule has 3 aromatic rings. The molecule has 2 N–H and O–H groups in total.